The molecular weight excluding hydrogens is 198 g/mol. The van der Waals surface area contributed by atoms with Crippen molar-refractivity contribution in [1.82, 2.24) is 5.32 Å². The Morgan fingerprint density at radius 3 is 2.27 bits per heavy atom. The van der Waals surface area contributed by atoms with E-state index in [1.165, 1.54) is 0 Å². The second-order valence-corrected chi connectivity index (χ2v) is 2.92. The summed E-state index contributed by atoms with van der Waals surface area (Å²) in [6, 6.07) is 0. The minimum atomic E-state index is 0.0509. The molecule has 5 nitrogen and oxygen atoms in total. The molecule has 0 aliphatic carbocycles. The fraction of sp³-hybridized carbons (Fsp3) is 0.900. The molecule has 5 heteroatoms. The molecule has 0 fully saturated rings. The zero-order valence-electron chi connectivity index (χ0n) is 9.58. The Morgan fingerprint density at radius 2 is 1.67 bits per heavy atom. The van der Waals surface area contributed by atoms with Crippen molar-refractivity contribution >= 4 is 5.91 Å². The topological polar surface area (TPSA) is 56.8 Å². The van der Waals surface area contributed by atoms with Gasteiger partial charge in [0, 0.05) is 20.1 Å². The molecule has 0 radical (unpaired) electrons. The lowest BCUT2D eigenvalue weighted by molar-refractivity contribution is -0.121. The highest BCUT2D eigenvalue weighted by molar-refractivity contribution is 5.75. The third kappa shape index (κ3) is 11.3. The van der Waals surface area contributed by atoms with Gasteiger partial charge in [0.15, 0.2) is 0 Å². The molecule has 0 bridgehead atoms. The molecule has 0 unspecified atom stereocenters. The van der Waals surface area contributed by atoms with Crippen molar-refractivity contribution < 1.29 is 19.0 Å². The molecule has 90 valence electrons. The molecule has 0 aromatic rings. The van der Waals surface area contributed by atoms with Gasteiger partial charge in [-0.1, -0.05) is 6.92 Å². The van der Waals surface area contributed by atoms with Gasteiger partial charge in [-0.3, -0.25) is 4.79 Å². The van der Waals surface area contributed by atoms with Gasteiger partial charge in [0.05, 0.1) is 33.0 Å². The van der Waals surface area contributed by atoms with Crippen LogP contribution >= 0.6 is 0 Å². The van der Waals surface area contributed by atoms with Gasteiger partial charge in [0.2, 0.25) is 5.91 Å². The highest BCUT2D eigenvalue weighted by Crippen LogP contribution is 1.80. The largest absolute Gasteiger partial charge is 0.382 e. The second-order valence-electron chi connectivity index (χ2n) is 2.92. The molecule has 0 aliphatic heterocycles. The molecule has 1 N–H and O–H groups in total. The van der Waals surface area contributed by atoms with Crippen molar-refractivity contribution in [2.75, 3.05) is 46.7 Å². The standard InChI is InChI=1S/C10H21NO4/c1-3-10(12)11-4-5-14-8-9-15-7-6-13-2/h3-9H2,1-2H3,(H,11,12). The number of ether oxygens (including phenoxy) is 3. The van der Waals surface area contributed by atoms with Crippen LogP contribution in [0.1, 0.15) is 13.3 Å². The van der Waals surface area contributed by atoms with Crippen molar-refractivity contribution in [3.63, 3.8) is 0 Å². The summed E-state index contributed by atoms with van der Waals surface area (Å²) in [5.41, 5.74) is 0. The van der Waals surface area contributed by atoms with Crippen molar-refractivity contribution in [3.05, 3.63) is 0 Å². The van der Waals surface area contributed by atoms with Crippen molar-refractivity contribution in [2.24, 2.45) is 0 Å². The summed E-state index contributed by atoms with van der Waals surface area (Å²) in [4.78, 5) is 10.8. The summed E-state index contributed by atoms with van der Waals surface area (Å²) >= 11 is 0. The Hall–Kier alpha value is -0.650. The lowest BCUT2D eigenvalue weighted by atomic mass is 10.4. The highest BCUT2D eigenvalue weighted by Gasteiger charge is 1.94. The van der Waals surface area contributed by atoms with E-state index in [-0.39, 0.29) is 5.91 Å². The van der Waals surface area contributed by atoms with Gasteiger partial charge >= 0.3 is 0 Å². The number of nitrogens with one attached hydrogen (secondary N) is 1. The predicted molar refractivity (Wildman–Crippen MR) is 56.8 cm³/mol. The van der Waals surface area contributed by atoms with Gasteiger partial charge in [0.1, 0.15) is 0 Å². The quantitative estimate of drug-likeness (QED) is 0.533. The lowest BCUT2D eigenvalue weighted by Gasteiger charge is -2.06. The van der Waals surface area contributed by atoms with E-state index in [0.717, 1.165) is 0 Å². The summed E-state index contributed by atoms with van der Waals surface area (Å²) in [6.07, 6.45) is 0.514. The lowest BCUT2D eigenvalue weighted by Crippen LogP contribution is -2.26. The molecular formula is C10H21NO4. The molecule has 0 atom stereocenters. The maximum Gasteiger partial charge on any atom is 0.219 e. The minimum absolute atomic E-state index is 0.0509. The number of carbonyl (C=O) groups is 1. The van der Waals surface area contributed by atoms with Crippen LogP contribution < -0.4 is 5.32 Å². The van der Waals surface area contributed by atoms with Crippen LogP contribution in [0.4, 0.5) is 0 Å². The first-order chi connectivity index (χ1) is 7.31. The van der Waals surface area contributed by atoms with E-state index in [0.29, 0.717) is 46.0 Å². The Balaban J connectivity index is 2.95. The average Bonchev–Trinajstić information content (AvgIpc) is 2.26. The van der Waals surface area contributed by atoms with E-state index in [9.17, 15) is 4.79 Å². The molecule has 0 spiro atoms. The Bertz CT molecular complexity index is 152. The van der Waals surface area contributed by atoms with Gasteiger partial charge in [-0.15, -0.1) is 0 Å². The molecule has 0 saturated heterocycles. The predicted octanol–water partition coefficient (Wildman–Crippen LogP) is 0.192. The average molecular weight is 219 g/mol. The third-order valence-corrected chi connectivity index (χ3v) is 1.69. The maximum atomic E-state index is 10.8. The Labute approximate surface area is 91.1 Å². The molecule has 0 aromatic heterocycles. The Morgan fingerprint density at radius 1 is 1.07 bits per heavy atom. The van der Waals surface area contributed by atoms with Crippen LogP contribution in [0, 0.1) is 0 Å². The smallest absolute Gasteiger partial charge is 0.219 e. The van der Waals surface area contributed by atoms with Crippen LogP contribution in [-0.2, 0) is 19.0 Å². The van der Waals surface area contributed by atoms with Crippen molar-refractivity contribution in [2.45, 2.75) is 13.3 Å². The summed E-state index contributed by atoms with van der Waals surface area (Å²) in [7, 11) is 1.64. The second kappa shape index (κ2) is 11.4. The first-order valence-corrected chi connectivity index (χ1v) is 5.22. The van der Waals surface area contributed by atoms with Crippen LogP contribution in [0.5, 0.6) is 0 Å². The van der Waals surface area contributed by atoms with E-state index in [1.54, 1.807) is 7.11 Å². The van der Waals surface area contributed by atoms with Crippen LogP contribution in [0.15, 0.2) is 0 Å². The Kier molecular flexibility index (Phi) is 10.9. The number of methoxy groups -OCH3 is 1. The molecule has 0 heterocycles. The minimum Gasteiger partial charge on any atom is -0.382 e. The molecule has 1 amide bonds. The van der Waals surface area contributed by atoms with E-state index in [2.05, 4.69) is 5.32 Å². The molecule has 0 saturated carbocycles. The number of carbonyl (C=O) groups excluding carboxylic acids is 1. The van der Waals surface area contributed by atoms with Crippen LogP contribution in [-0.4, -0.2) is 52.6 Å². The first kappa shape index (κ1) is 14.3. The molecule has 0 aromatic carbocycles. The van der Waals surface area contributed by atoms with E-state index < -0.39 is 0 Å². The van der Waals surface area contributed by atoms with Crippen molar-refractivity contribution in [3.8, 4) is 0 Å². The normalized spacial score (nSPS) is 10.3. The number of hydrogen-bond donors (Lipinski definition) is 1. The fourth-order valence-electron chi connectivity index (χ4n) is 0.852. The van der Waals surface area contributed by atoms with E-state index >= 15 is 0 Å². The van der Waals surface area contributed by atoms with Crippen molar-refractivity contribution in [1.29, 1.82) is 0 Å². The summed E-state index contributed by atoms with van der Waals surface area (Å²) in [5, 5.41) is 2.72. The zero-order valence-corrected chi connectivity index (χ0v) is 9.58. The number of rotatable bonds is 10. The summed E-state index contributed by atoms with van der Waals surface area (Å²) < 4.78 is 15.2. The molecule has 15 heavy (non-hydrogen) atoms. The molecule has 0 rings (SSSR count). The summed E-state index contributed by atoms with van der Waals surface area (Å²) in [6.45, 7) is 5.21. The van der Waals surface area contributed by atoms with E-state index in [1.807, 2.05) is 6.92 Å². The van der Waals surface area contributed by atoms with Crippen LogP contribution in [0.3, 0.4) is 0 Å². The maximum absolute atomic E-state index is 10.8. The first-order valence-electron chi connectivity index (χ1n) is 5.22. The van der Waals surface area contributed by atoms with Gasteiger partial charge in [0.25, 0.3) is 0 Å². The van der Waals surface area contributed by atoms with Gasteiger partial charge in [-0.2, -0.15) is 0 Å². The summed E-state index contributed by atoms with van der Waals surface area (Å²) in [5.74, 6) is 0.0509. The molecule has 0 aliphatic rings. The third-order valence-electron chi connectivity index (χ3n) is 1.69. The number of hydrogen-bond acceptors (Lipinski definition) is 4. The zero-order chi connectivity index (χ0) is 11.4. The van der Waals surface area contributed by atoms with Gasteiger partial charge < -0.3 is 19.5 Å². The van der Waals surface area contributed by atoms with Crippen LogP contribution in [0.25, 0.3) is 0 Å². The highest BCUT2D eigenvalue weighted by atomic mass is 16.5. The van der Waals surface area contributed by atoms with Crippen LogP contribution in [0.2, 0.25) is 0 Å². The van der Waals surface area contributed by atoms with Gasteiger partial charge in [-0.25, -0.2) is 0 Å². The monoisotopic (exact) mass is 219 g/mol. The SMILES string of the molecule is CCC(=O)NCCOCCOCCOC. The fourth-order valence-corrected chi connectivity index (χ4v) is 0.852. The number of amides is 1. The van der Waals surface area contributed by atoms with E-state index in [4.69, 9.17) is 14.2 Å². The van der Waals surface area contributed by atoms with Gasteiger partial charge in [-0.05, 0) is 0 Å².